The predicted molar refractivity (Wildman–Crippen MR) is 99.2 cm³/mol. The van der Waals surface area contributed by atoms with Crippen LogP contribution in [0.4, 0.5) is 0 Å². The van der Waals surface area contributed by atoms with Crippen molar-refractivity contribution in [2.24, 2.45) is 0 Å². The van der Waals surface area contributed by atoms with Crippen molar-refractivity contribution in [1.82, 2.24) is 35.3 Å². The third kappa shape index (κ3) is 3.90. The van der Waals surface area contributed by atoms with E-state index in [0.29, 0.717) is 30.2 Å². The molecule has 27 heavy (non-hydrogen) atoms. The number of nitrogens with one attached hydrogen (secondary N) is 2. The molecule has 0 aliphatic carbocycles. The Labute approximate surface area is 155 Å². The molecule has 0 bridgehead atoms. The minimum absolute atomic E-state index is 0.143. The highest BCUT2D eigenvalue weighted by Gasteiger charge is 2.09. The molecule has 2 N–H and O–H groups in total. The fourth-order valence-corrected chi connectivity index (χ4v) is 2.64. The molecule has 134 valence electrons. The zero-order valence-electron chi connectivity index (χ0n) is 14.4. The second kappa shape index (κ2) is 7.61. The summed E-state index contributed by atoms with van der Waals surface area (Å²) in [5.41, 5.74) is 2.26. The Hall–Kier alpha value is -3.81. The first-order valence-corrected chi connectivity index (χ1v) is 8.49. The molecule has 1 aromatic carbocycles. The summed E-state index contributed by atoms with van der Waals surface area (Å²) in [7, 11) is 0. The third-order valence-electron chi connectivity index (χ3n) is 3.98. The zero-order valence-corrected chi connectivity index (χ0v) is 14.4. The van der Waals surface area contributed by atoms with Crippen LogP contribution in [0.1, 0.15) is 16.2 Å². The number of rotatable bonds is 6. The molecule has 8 nitrogen and oxygen atoms in total. The second-order valence-corrected chi connectivity index (χ2v) is 5.85. The highest BCUT2D eigenvalue weighted by Crippen LogP contribution is 2.12. The number of hydrogen-bond donors (Lipinski definition) is 2. The van der Waals surface area contributed by atoms with Crippen LogP contribution >= 0.6 is 0 Å². The lowest BCUT2D eigenvalue weighted by atomic mass is 10.2. The molecule has 0 saturated carbocycles. The average Bonchev–Trinajstić information content (AvgIpc) is 3.41. The van der Waals surface area contributed by atoms with Crippen molar-refractivity contribution in [3.8, 4) is 17.1 Å². The molecule has 0 spiro atoms. The fraction of sp³-hybridized carbons (Fsp3) is 0.105. The van der Waals surface area contributed by atoms with Crippen LogP contribution in [-0.4, -0.2) is 42.4 Å². The minimum atomic E-state index is -0.143. The molecule has 0 radical (unpaired) electrons. The predicted octanol–water partition coefficient (Wildman–Crippen LogP) is 2.02. The summed E-state index contributed by atoms with van der Waals surface area (Å²) < 4.78 is 1.71. The second-order valence-electron chi connectivity index (χ2n) is 5.85. The van der Waals surface area contributed by atoms with Crippen LogP contribution < -0.4 is 5.32 Å². The monoisotopic (exact) mass is 359 g/mol. The normalized spacial score (nSPS) is 10.7. The van der Waals surface area contributed by atoms with Gasteiger partial charge in [-0.3, -0.25) is 14.9 Å². The van der Waals surface area contributed by atoms with E-state index in [0.717, 1.165) is 11.3 Å². The van der Waals surface area contributed by atoms with Gasteiger partial charge in [0.1, 0.15) is 5.82 Å². The molecule has 4 rings (SSSR count). The minimum Gasteiger partial charge on any atom is -0.352 e. The number of aromatic nitrogens is 6. The fourth-order valence-electron chi connectivity index (χ4n) is 2.64. The molecule has 3 heterocycles. The van der Waals surface area contributed by atoms with E-state index in [-0.39, 0.29) is 5.91 Å². The number of amides is 1. The van der Waals surface area contributed by atoms with Crippen molar-refractivity contribution in [3.63, 3.8) is 0 Å². The summed E-state index contributed by atoms with van der Waals surface area (Å²) in [6.07, 6.45) is 7.50. The average molecular weight is 359 g/mol. The third-order valence-corrected chi connectivity index (χ3v) is 3.98. The summed E-state index contributed by atoms with van der Waals surface area (Å²) in [5, 5.41) is 14.2. The Kier molecular flexibility index (Phi) is 4.69. The molecule has 1 amide bonds. The van der Waals surface area contributed by atoms with E-state index in [9.17, 15) is 4.79 Å². The molecular formula is C19H17N7O. The molecule has 0 fully saturated rings. The number of H-pyrrole nitrogens is 1. The smallest absolute Gasteiger partial charge is 0.251 e. The number of aromatic amines is 1. The van der Waals surface area contributed by atoms with Gasteiger partial charge in [0.25, 0.3) is 5.91 Å². The van der Waals surface area contributed by atoms with E-state index in [1.807, 2.05) is 36.5 Å². The van der Waals surface area contributed by atoms with E-state index in [4.69, 9.17) is 0 Å². The van der Waals surface area contributed by atoms with Crippen molar-refractivity contribution in [1.29, 1.82) is 0 Å². The maximum absolute atomic E-state index is 12.4. The van der Waals surface area contributed by atoms with Gasteiger partial charge in [0.2, 0.25) is 0 Å². The number of pyridine rings is 1. The van der Waals surface area contributed by atoms with Gasteiger partial charge in [-0.1, -0.05) is 6.07 Å². The van der Waals surface area contributed by atoms with Crippen LogP contribution in [0.2, 0.25) is 0 Å². The molecule has 8 heteroatoms. The van der Waals surface area contributed by atoms with E-state index >= 15 is 0 Å². The van der Waals surface area contributed by atoms with Gasteiger partial charge in [0, 0.05) is 48.9 Å². The van der Waals surface area contributed by atoms with E-state index < -0.39 is 0 Å². The first-order chi connectivity index (χ1) is 13.3. The lowest BCUT2D eigenvalue weighted by Gasteiger charge is -2.06. The maximum Gasteiger partial charge on any atom is 0.251 e. The van der Waals surface area contributed by atoms with Crippen LogP contribution in [-0.2, 0) is 6.42 Å². The number of nitrogens with zero attached hydrogens (tertiary/aromatic N) is 5. The highest BCUT2D eigenvalue weighted by atomic mass is 16.1. The topological polar surface area (TPSA) is 101 Å². The van der Waals surface area contributed by atoms with Crippen LogP contribution in [0.15, 0.2) is 67.3 Å². The molecule has 0 atom stereocenters. The van der Waals surface area contributed by atoms with Gasteiger partial charge in [-0.2, -0.15) is 10.2 Å². The highest BCUT2D eigenvalue weighted by molar-refractivity contribution is 5.94. The van der Waals surface area contributed by atoms with Gasteiger partial charge in [0.05, 0.1) is 5.69 Å². The molecule has 0 saturated heterocycles. The van der Waals surface area contributed by atoms with Crippen LogP contribution in [0.5, 0.6) is 0 Å². The first kappa shape index (κ1) is 16.6. The van der Waals surface area contributed by atoms with Gasteiger partial charge >= 0.3 is 0 Å². The summed E-state index contributed by atoms with van der Waals surface area (Å²) in [6, 6.07) is 12.9. The number of carbonyl (C=O) groups is 1. The van der Waals surface area contributed by atoms with Gasteiger partial charge in [-0.15, -0.1) is 0 Å². The van der Waals surface area contributed by atoms with Crippen LogP contribution in [0.25, 0.3) is 17.1 Å². The zero-order chi connectivity index (χ0) is 18.5. The largest absolute Gasteiger partial charge is 0.352 e. The molecule has 0 aliphatic heterocycles. The first-order valence-electron chi connectivity index (χ1n) is 8.49. The molecular weight excluding hydrogens is 342 g/mol. The summed E-state index contributed by atoms with van der Waals surface area (Å²) in [5.74, 6) is 1.16. The van der Waals surface area contributed by atoms with Crippen LogP contribution in [0.3, 0.4) is 0 Å². The van der Waals surface area contributed by atoms with E-state index in [1.165, 1.54) is 0 Å². The van der Waals surface area contributed by atoms with Gasteiger partial charge in [-0.05, 0) is 36.4 Å². The lowest BCUT2D eigenvalue weighted by Crippen LogP contribution is -2.26. The summed E-state index contributed by atoms with van der Waals surface area (Å²) in [4.78, 5) is 20.9. The van der Waals surface area contributed by atoms with Gasteiger partial charge in [0.15, 0.2) is 5.82 Å². The quantitative estimate of drug-likeness (QED) is 0.548. The Morgan fingerprint density at radius 2 is 2.11 bits per heavy atom. The Morgan fingerprint density at radius 1 is 1.15 bits per heavy atom. The van der Waals surface area contributed by atoms with Gasteiger partial charge < -0.3 is 5.32 Å². The summed E-state index contributed by atoms with van der Waals surface area (Å²) >= 11 is 0. The maximum atomic E-state index is 12.4. The molecule has 3 aromatic heterocycles. The van der Waals surface area contributed by atoms with Crippen molar-refractivity contribution in [2.45, 2.75) is 6.42 Å². The number of hydrogen-bond acceptors (Lipinski definition) is 5. The van der Waals surface area contributed by atoms with Crippen molar-refractivity contribution in [2.75, 3.05) is 6.54 Å². The Bertz CT molecular complexity index is 1030. The SMILES string of the molecule is O=C(NCCc1nc(-c2cccnc2)n[nH]1)c1cccc(-n2cccn2)c1. The molecule has 0 unspecified atom stereocenters. The summed E-state index contributed by atoms with van der Waals surface area (Å²) in [6.45, 7) is 0.451. The van der Waals surface area contributed by atoms with Crippen LogP contribution in [0, 0.1) is 0 Å². The van der Waals surface area contributed by atoms with Crippen molar-refractivity contribution in [3.05, 3.63) is 78.6 Å². The van der Waals surface area contributed by atoms with Gasteiger partial charge in [-0.25, -0.2) is 9.67 Å². The van der Waals surface area contributed by atoms with Crippen molar-refractivity contribution < 1.29 is 4.79 Å². The number of benzene rings is 1. The van der Waals surface area contributed by atoms with E-state index in [1.54, 1.807) is 35.4 Å². The Balaban J connectivity index is 1.35. The Morgan fingerprint density at radius 3 is 2.93 bits per heavy atom. The standard InChI is InChI=1S/C19H17N7O/c27-19(14-4-1-6-16(12-14)26-11-3-9-22-26)21-10-7-17-23-18(25-24-17)15-5-2-8-20-13-15/h1-6,8-9,11-13H,7,10H2,(H,21,27)(H,23,24,25). The molecule has 0 aliphatic rings. The number of carbonyl (C=O) groups excluding carboxylic acids is 1. The van der Waals surface area contributed by atoms with E-state index in [2.05, 4.69) is 30.6 Å². The van der Waals surface area contributed by atoms with Crippen molar-refractivity contribution >= 4 is 5.91 Å². The molecule has 4 aromatic rings. The lowest BCUT2D eigenvalue weighted by molar-refractivity contribution is 0.0954.